The molecule has 2 fully saturated rings. The maximum absolute atomic E-state index is 12.8. The summed E-state index contributed by atoms with van der Waals surface area (Å²) in [5, 5.41) is 15.6. The molecule has 3 heterocycles. The van der Waals surface area contributed by atoms with E-state index < -0.39 is 0 Å². The first kappa shape index (κ1) is 15.4. The predicted molar refractivity (Wildman–Crippen MR) is 88.8 cm³/mol. The molecule has 1 N–H and O–H groups in total. The summed E-state index contributed by atoms with van der Waals surface area (Å²) in [4.78, 5) is 14.7. The summed E-state index contributed by atoms with van der Waals surface area (Å²) in [5.74, 6) is 1.89. The number of piperidine rings is 1. The van der Waals surface area contributed by atoms with E-state index in [1.807, 2.05) is 11.0 Å². The van der Waals surface area contributed by atoms with E-state index in [0.717, 1.165) is 43.9 Å². The minimum Gasteiger partial charge on any atom is -0.337 e. The molecule has 1 aliphatic carbocycles. The molecule has 1 saturated carbocycles. The summed E-state index contributed by atoms with van der Waals surface area (Å²) in [7, 11) is 0. The third-order valence-corrected chi connectivity index (χ3v) is 5.02. The zero-order chi connectivity index (χ0) is 16.5. The zero-order valence-corrected chi connectivity index (χ0v) is 14.1. The molecule has 128 valence electrons. The average Bonchev–Trinajstić information content (AvgIpc) is 3.16. The lowest BCUT2D eigenvalue weighted by molar-refractivity contribution is 0.0697. The Kier molecular flexibility index (Phi) is 4.08. The number of nitrogens with zero attached hydrogens (tertiary/aromatic N) is 5. The molecule has 0 radical (unpaired) electrons. The molecule has 0 aromatic carbocycles. The molecule has 0 bridgehead atoms. The van der Waals surface area contributed by atoms with Gasteiger partial charge >= 0.3 is 0 Å². The van der Waals surface area contributed by atoms with E-state index in [2.05, 4.69) is 31.9 Å². The molecule has 1 atom stereocenters. The van der Waals surface area contributed by atoms with Gasteiger partial charge in [-0.3, -0.25) is 9.89 Å². The highest BCUT2D eigenvalue weighted by atomic mass is 16.2. The van der Waals surface area contributed by atoms with Crippen LogP contribution in [0.15, 0.2) is 12.4 Å². The van der Waals surface area contributed by atoms with Crippen LogP contribution in [0.2, 0.25) is 0 Å². The van der Waals surface area contributed by atoms with Gasteiger partial charge in [-0.25, -0.2) is 0 Å². The van der Waals surface area contributed by atoms with Crippen LogP contribution in [0.5, 0.6) is 0 Å². The number of aromatic amines is 1. The smallest absolute Gasteiger partial charge is 0.274 e. The topological polar surface area (TPSA) is 79.7 Å². The van der Waals surface area contributed by atoms with Crippen molar-refractivity contribution in [3.63, 3.8) is 0 Å². The second-order valence-electron chi connectivity index (χ2n) is 6.96. The molecule has 1 saturated heterocycles. The number of rotatable bonds is 5. The molecule has 0 unspecified atom stereocenters. The number of carbonyl (C=O) groups excluding carboxylic acids is 1. The first-order valence-corrected chi connectivity index (χ1v) is 8.98. The first-order chi connectivity index (χ1) is 11.8. The van der Waals surface area contributed by atoms with Gasteiger partial charge in [0.25, 0.3) is 5.91 Å². The monoisotopic (exact) mass is 328 g/mol. The molecule has 0 spiro atoms. The third kappa shape index (κ3) is 2.95. The Hall–Kier alpha value is -2.18. The van der Waals surface area contributed by atoms with Crippen LogP contribution in [0.1, 0.15) is 72.9 Å². The summed E-state index contributed by atoms with van der Waals surface area (Å²) in [6.07, 6.45) is 7.31. The highest BCUT2D eigenvalue weighted by Gasteiger charge is 2.31. The molecule has 24 heavy (non-hydrogen) atoms. The minimum atomic E-state index is 0.0319. The van der Waals surface area contributed by atoms with Gasteiger partial charge in [-0.15, -0.1) is 10.2 Å². The Morgan fingerprint density at radius 3 is 3.00 bits per heavy atom. The number of aromatic nitrogens is 5. The average molecular weight is 328 g/mol. The van der Waals surface area contributed by atoms with Gasteiger partial charge in [0.05, 0.1) is 0 Å². The van der Waals surface area contributed by atoms with Crippen LogP contribution in [0.3, 0.4) is 0 Å². The SMILES string of the molecule is CCCn1cnnc1[C@H]1CCCN(C(=O)c2cc(C3CC3)[nH]n2)C1. The van der Waals surface area contributed by atoms with Gasteiger partial charge in [-0.05, 0) is 38.2 Å². The Balaban J connectivity index is 1.47. The number of hydrogen-bond donors (Lipinski definition) is 1. The number of carbonyl (C=O) groups is 1. The zero-order valence-electron chi connectivity index (χ0n) is 14.1. The van der Waals surface area contributed by atoms with Crippen molar-refractivity contribution in [2.75, 3.05) is 13.1 Å². The standard InChI is InChI=1S/C17H24N6O/c1-2-7-23-11-18-21-16(23)13-4-3-8-22(10-13)17(24)15-9-14(19-20-15)12-5-6-12/h9,11-13H,2-8,10H2,1H3,(H,19,20)/t13-/m0/s1. The fourth-order valence-corrected chi connectivity index (χ4v) is 3.58. The molecule has 1 amide bonds. The van der Waals surface area contributed by atoms with Crippen LogP contribution >= 0.6 is 0 Å². The highest BCUT2D eigenvalue weighted by molar-refractivity contribution is 5.92. The summed E-state index contributed by atoms with van der Waals surface area (Å²) in [5.41, 5.74) is 1.65. The van der Waals surface area contributed by atoms with Crippen LogP contribution in [0.25, 0.3) is 0 Å². The summed E-state index contributed by atoms with van der Waals surface area (Å²) in [6.45, 7) is 4.57. The minimum absolute atomic E-state index is 0.0319. The van der Waals surface area contributed by atoms with Crippen LogP contribution in [-0.4, -0.2) is 48.9 Å². The first-order valence-electron chi connectivity index (χ1n) is 8.98. The van der Waals surface area contributed by atoms with Gasteiger partial charge in [-0.2, -0.15) is 5.10 Å². The number of hydrogen-bond acceptors (Lipinski definition) is 4. The lowest BCUT2D eigenvalue weighted by atomic mass is 9.96. The van der Waals surface area contributed by atoms with Crippen LogP contribution in [-0.2, 0) is 6.54 Å². The fraction of sp³-hybridized carbons (Fsp3) is 0.647. The molecule has 2 aliphatic rings. The van der Waals surface area contributed by atoms with E-state index in [4.69, 9.17) is 0 Å². The van der Waals surface area contributed by atoms with Crippen molar-refractivity contribution in [3.8, 4) is 0 Å². The van der Waals surface area contributed by atoms with E-state index in [-0.39, 0.29) is 11.8 Å². The molecular weight excluding hydrogens is 304 g/mol. The Morgan fingerprint density at radius 1 is 1.33 bits per heavy atom. The van der Waals surface area contributed by atoms with Crippen LogP contribution < -0.4 is 0 Å². The van der Waals surface area contributed by atoms with Crippen molar-refractivity contribution < 1.29 is 4.79 Å². The highest BCUT2D eigenvalue weighted by Crippen LogP contribution is 2.39. The van der Waals surface area contributed by atoms with Crippen molar-refractivity contribution in [1.29, 1.82) is 0 Å². The van der Waals surface area contributed by atoms with Crippen molar-refractivity contribution in [3.05, 3.63) is 29.6 Å². The van der Waals surface area contributed by atoms with Crippen molar-refractivity contribution in [2.24, 2.45) is 0 Å². The van der Waals surface area contributed by atoms with E-state index in [1.54, 1.807) is 6.33 Å². The molecule has 7 heteroatoms. The number of nitrogens with one attached hydrogen (secondary N) is 1. The number of amides is 1. The third-order valence-electron chi connectivity index (χ3n) is 5.02. The summed E-state index contributed by atoms with van der Waals surface area (Å²) < 4.78 is 2.12. The van der Waals surface area contributed by atoms with Crippen molar-refractivity contribution >= 4 is 5.91 Å². The molecule has 2 aromatic rings. The van der Waals surface area contributed by atoms with Crippen LogP contribution in [0, 0.1) is 0 Å². The number of likely N-dealkylation sites (tertiary alicyclic amines) is 1. The summed E-state index contributed by atoms with van der Waals surface area (Å²) >= 11 is 0. The Labute approximate surface area is 141 Å². The van der Waals surface area contributed by atoms with E-state index >= 15 is 0 Å². The summed E-state index contributed by atoms with van der Waals surface area (Å²) in [6, 6.07) is 1.93. The van der Waals surface area contributed by atoms with E-state index in [1.165, 1.54) is 12.8 Å². The Morgan fingerprint density at radius 2 is 2.21 bits per heavy atom. The van der Waals surface area contributed by atoms with Crippen molar-refractivity contribution in [1.82, 2.24) is 29.9 Å². The second kappa shape index (κ2) is 6.37. The molecule has 4 rings (SSSR count). The lowest BCUT2D eigenvalue weighted by Gasteiger charge is -2.32. The molecule has 1 aliphatic heterocycles. The van der Waals surface area contributed by atoms with E-state index in [0.29, 0.717) is 18.2 Å². The van der Waals surface area contributed by atoms with Gasteiger partial charge in [-0.1, -0.05) is 6.92 Å². The van der Waals surface area contributed by atoms with Gasteiger partial charge in [0.2, 0.25) is 0 Å². The molecule has 7 nitrogen and oxygen atoms in total. The maximum atomic E-state index is 12.8. The van der Waals surface area contributed by atoms with Gasteiger partial charge in [0.1, 0.15) is 17.8 Å². The largest absolute Gasteiger partial charge is 0.337 e. The fourth-order valence-electron chi connectivity index (χ4n) is 3.58. The molecular formula is C17H24N6O. The van der Waals surface area contributed by atoms with Gasteiger partial charge in [0, 0.05) is 37.2 Å². The van der Waals surface area contributed by atoms with Gasteiger partial charge < -0.3 is 9.47 Å². The maximum Gasteiger partial charge on any atom is 0.274 e. The normalized spacial score (nSPS) is 21.2. The predicted octanol–water partition coefficient (Wildman–Crippen LogP) is 2.31. The van der Waals surface area contributed by atoms with Crippen LogP contribution in [0.4, 0.5) is 0 Å². The lowest BCUT2D eigenvalue weighted by Crippen LogP contribution is -2.40. The second-order valence-corrected chi connectivity index (χ2v) is 6.96. The number of aryl methyl sites for hydroxylation is 1. The van der Waals surface area contributed by atoms with E-state index in [9.17, 15) is 4.79 Å². The van der Waals surface area contributed by atoms with Gasteiger partial charge in [0.15, 0.2) is 0 Å². The Bertz CT molecular complexity index is 716. The van der Waals surface area contributed by atoms with Crippen molar-refractivity contribution in [2.45, 2.75) is 57.4 Å². The number of H-pyrrole nitrogens is 1. The quantitative estimate of drug-likeness (QED) is 0.913. The molecule has 2 aromatic heterocycles.